The summed E-state index contributed by atoms with van der Waals surface area (Å²) in [6.45, 7) is 9.88. The number of aryl methyl sites for hydroxylation is 1. The van der Waals surface area contributed by atoms with Crippen molar-refractivity contribution in [3.63, 3.8) is 0 Å². The average molecular weight is 274 g/mol. The third kappa shape index (κ3) is 3.57. The fourth-order valence-corrected chi connectivity index (χ4v) is 1.83. The van der Waals surface area contributed by atoms with Gasteiger partial charge in [0.25, 0.3) is 0 Å². The Morgan fingerprint density at radius 2 is 2.15 bits per heavy atom. The van der Waals surface area contributed by atoms with Gasteiger partial charge in [0, 0.05) is 36.1 Å². The lowest BCUT2D eigenvalue weighted by Gasteiger charge is -2.10. The lowest BCUT2D eigenvalue weighted by atomic mass is 10.2. The number of pyridine rings is 1. The van der Waals surface area contributed by atoms with Gasteiger partial charge in [0.2, 0.25) is 0 Å². The van der Waals surface area contributed by atoms with E-state index in [9.17, 15) is 0 Å². The summed E-state index contributed by atoms with van der Waals surface area (Å²) < 4.78 is 7.84. The van der Waals surface area contributed by atoms with Crippen LogP contribution in [-0.2, 0) is 6.54 Å². The lowest BCUT2D eigenvalue weighted by Crippen LogP contribution is -2.12. The molecular weight excluding hydrogens is 252 g/mol. The Morgan fingerprint density at radius 3 is 2.80 bits per heavy atom. The minimum atomic E-state index is 0.327. The number of nitrogens with zero attached hydrogens (tertiary/aromatic N) is 3. The van der Waals surface area contributed by atoms with Crippen LogP contribution in [0.3, 0.4) is 0 Å². The standard InChI is InChI=1S/C15H22N4O/c1-5-16-7-13-8-17-12(4)6-15(13)20-14-9-18-19(10-14)11(2)3/h6,8-11,16H,5,7H2,1-4H3. The Bertz CT molecular complexity index is 563. The molecular formula is C15H22N4O. The van der Waals surface area contributed by atoms with Crippen molar-refractivity contribution in [2.75, 3.05) is 6.54 Å². The summed E-state index contributed by atoms with van der Waals surface area (Å²) in [5.74, 6) is 1.59. The van der Waals surface area contributed by atoms with Crippen molar-refractivity contribution in [3.05, 3.63) is 35.9 Å². The zero-order chi connectivity index (χ0) is 14.5. The highest BCUT2D eigenvalue weighted by Crippen LogP contribution is 2.25. The first-order valence-corrected chi connectivity index (χ1v) is 6.98. The van der Waals surface area contributed by atoms with Gasteiger partial charge in [-0.25, -0.2) is 0 Å². The van der Waals surface area contributed by atoms with Crippen molar-refractivity contribution in [2.45, 2.75) is 40.3 Å². The minimum Gasteiger partial charge on any atom is -0.454 e. The van der Waals surface area contributed by atoms with Crippen LogP contribution in [0, 0.1) is 6.92 Å². The van der Waals surface area contributed by atoms with Gasteiger partial charge in [-0.2, -0.15) is 5.10 Å². The molecule has 5 heteroatoms. The van der Waals surface area contributed by atoms with Crippen molar-refractivity contribution in [2.24, 2.45) is 0 Å². The van der Waals surface area contributed by atoms with Crippen LogP contribution in [0.5, 0.6) is 11.5 Å². The molecule has 2 aromatic rings. The molecule has 0 aliphatic rings. The third-order valence-corrected chi connectivity index (χ3v) is 2.98. The first kappa shape index (κ1) is 14.5. The Morgan fingerprint density at radius 1 is 1.35 bits per heavy atom. The fraction of sp³-hybridized carbons (Fsp3) is 0.467. The Kier molecular flexibility index (Phi) is 4.74. The summed E-state index contributed by atoms with van der Waals surface area (Å²) in [7, 11) is 0. The molecule has 0 atom stereocenters. The van der Waals surface area contributed by atoms with Crippen molar-refractivity contribution in [3.8, 4) is 11.5 Å². The monoisotopic (exact) mass is 274 g/mol. The highest BCUT2D eigenvalue weighted by molar-refractivity contribution is 5.36. The maximum Gasteiger partial charge on any atom is 0.165 e. The molecule has 0 amide bonds. The van der Waals surface area contributed by atoms with Crippen molar-refractivity contribution in [1.82, 2.24) is 20.1 Å². The molecule has 0 fully saturated rings. The fourth-order valence-electron chi connectivity index (χ4n) is 1.83. The van der Waals surface area contributed by atoms with Gasteiger partial charge in [-0.3, -0.25) is 9.67 Å². The lowest BCUT2D eigenvalue weighted by molar-refractivity contribution is 0.467. The van der Waals surface area contributed by atoms with Crippen LogP contribution in [-0.4, -0.2) is 21.3 Å². The molecule has 0 saturated heterocycles. The third-order valence-electron chi connectivity index (χ3n) is 2.98. The largest absolute Gasteiger partial charge is 0.454 e. The molecule has 0 bridgehead atoms. The zero-order valence-corrected chi connectivity index (χ0v) is 12.6. The number of ether oxygens (including phenoxy) is 1. The predicted octanol–water partition coefficient (Wildman–Crippen LogP) is 3.07. The molecule has 2 heterocycles. The van der Waals surface area contributed by atoms with Gasteiger partial charge in [0.05, 0.1) is 12.4 Å². The SMILES string of the molecule is CCNCc1cnc(C)cc1Oc1cnn(C(C)C)c1. The Hall–Kier alpha value is -1.88. The number of nitrogens with one attached hydrogen (secondary N) is 1. The van der Waals surface area contributed by atoms with E-state index in [2.05, 4.69) is 36.2 Å². The van der Waals surface area contributed by atoms with E-state index in [0.717, 1.165) is 35.8 Å². The molecule has 20 heavy (non-hydrogen) atoms. The van der Waals surface area contributed by atoms with E-state index in [0.29, 0.717) is 6.04 Å². The number of rotatable bonds is 6. The quantitative estimate of drug-likeness (QED) is 0.879. The second kappa shape index (κ2) is 6.52. The number of aromatic nitrogens is 3. The van der Waals surface area contributed by atoms with Crippen LogP contribution < -0.4 is 10.1 Å². The van der Waals surface area contributed by atoms with E-state index in [4.69, 9.17) is 4.74 Å². The van der Waals surface area contributed by atoms with E-state index >= 15 is 0 Å². The van der Waals surface area contributed by atoms with Crippen molar-refractivity contribution < 1.29 is 4.74 Å². The van der Waals surface area contributed by atoms with Gasteiger partial charge in [-0.15, -0.1) is 0 Å². The topological polar surface area (TPSA) is 52.0 Å². The molecule has 2 rings (SSSR count). The molecule has 108 valence electrons. The minimum absolute atomic E-state index is 0.327. The van der Waals surface area contributed by atoms with Crippen LogP contribution in [0.1, 0.15) is 38.1 Å². The molecule has 0 aliphatic carbocycles. The van der Waals surface area contributed by atoms with Gasteiger partial charge in [-0.05, 0) is 27.3 Å². The van der Waals surface area contributed by atoms with E-state index in [-0.39, 0.29) is 0 Å². The molecule has 0 unspecified atom stereocenters. The second-order valence-electron chi connectivity index (χ2n) is 5.07. The summed E-state index contributed by atoms with van der Waals surface area (Å²) in [6.07, 6.45) is 5.52. The maximum absolute atomic E-state index is 5.95. The second-order valence-corrected chi connectivity index (χ2v) is 5.07. The summed E-state index contributed by atoms with van der Waals surface area (Å²) in [6, 6.07) is 2.28. The average Bonchev–Trinajstić information content (AvgIpc) is 2.87. The van der Waals surface area contributed by atoms with Crippen LogP contribution >= 0.6 is 0 Å². The van der Waals surface area contributed by atoms with E-state index < -0.39 is 0 Å². The van der Waals surface area contributed by atoms with Crippen LogP contribution in [0.15, 0.2) is 24.7 Å². The molecule has 0 radical (unpaired) electrons. The first-order chi connectivity index (χ1) is 9.60. The van der Waals surface area contributed by atoms with Crippen molar-refractivity contribution >= 4 is 0 Å². The van der Waals surface area contributed by atoms with E-state index in [1.807, 2.05) is 30.1 Å². The molecule has 2 aromatic heterocycles. The molecule has 0 saturated carbocycles. The van der Waals surface area contributed by atoms with Crippen LogP contribution in [0.2, 0.25) is 0 Å². The van der Waals surface area contributed by atoms with E-state index in [1.54, 1.807) is 6.20 Å². The Labute approximate surface area is 120 Å². The summed E-state index contributed by atoms with van der Waals surface area (Å²) in [5.41, 5.74) is 1.99. The van der Waals surface area contributed by atoms with Gasteiger partial charge < -0.3 is 10.1 Å². The predicted molar refractivity (Wildman–Crippen MR) is 79.0 cm³/mol. The van der Waals surface area contributed by atoms with Gasteiger partial charge in [0.15, 0.2) is 5.75 Å². The summed E-state index contributed by atoms with van der Waals surface area (Å²) in [4.78, 5) is 4.33. The van der Waals surface area contributed by atoms with Crippen LogP contribution in [0.4, 0.5) is 0 Å². The number of hydrogen-bond donors (Lipinski definition) is 1. The molecule has 1 N–H and O–H groups in total. The molecule has 0 aromatic carbocycles. The Balaban J connectivity index is 2.19. The summed E-state index contributed by atoms with van der Waals surface area (Å²) in [5, 5.41) is 7.58. The smallest absolute Gasteiger partial charge is 0.165 e. The molecule has 5 nitrogen and oxygen atoms in total. The van der Waals surface area contributed by atoms with Crippen LogP contribution in [0.25, 0.3) is 0 Å². The first-order valence-electron chi connectivity index (χ1n) is 6.98. The van der Waals surface area contributed by atoms with Gasteiger partial charge in [-0.1, -0.05) is 6.92 Å². The number of hydrogen-bond acceptors (Lipinski definition) is 4. The summed E-state index contributed by atoms with van der Waals surface area (Å²) >= 11 is 0. The maximum atomic E-state index is 5.95. The molecule has 0 spiro atoms. The van der Waals surface area contributed by atoms with Crippen molar-refractivity contribution in [1.29, 1.82) is 0 Å². The van der Waals surface area contributed by atoms with Gasteiger partial charge in [0.1, 0.15) is 5.75 Å². The van der Waals surface area contributed by atoms with Gasteiger partial charge >= 0.3 is 0 Å². The van der Waals surface area contributed by atoms with E-state index in [1.165, 1.54) is 0 Å². The molecule has 0 aliphatic heterocycles. The normalized spacial score (nSPS) is 11.1. The zero-order valence-electron chi connectivity index (χ0n) is 12.6. The highest BCUT2D eigenvalue weighted by Gasteiger charge is 2.08. The highest BCUT2D eigenvalue weighted by atomic mass is 16.5.